The van der Waals surface area contributed by atoms with Gasteiger partial charge in [0.25, 0.3) is 0 Å². The fourth-order valence-corrected chi connectivity index (χ4v) is 3.24. The topological polar surface area (TPSA) is 42.4 Å². The predicted molar refractivity (Wildman–Crippen MR) is 84.9 cm³/mol. The van der Waals surface area contributed by atoms with Crippen LogP contribution in [-0.2, 0) is 6.54 Å². The van der Waals surface area contributed by atoms with Crippen molar-refractivity contribution in [1.29, 1.82) is 0 Å². The number of thiophene rings is 1. The monoisotopic (exact) mass is 292 g/mol. The standard InChI is InChI=1S/C16H24N2OS/c1-4-14(17)16(15-9-8-12(3)19-15)18(5-2)11-13-7-6-10-20-13/h6-10,14,16H,4-5,11,17H2,1-3H3. The second kappa shape index (κ2) is 7.07. The highest BCUT2D eigenvalue weighted by molar-refractivity contribution is 7.09. The van der Waals surface area contributed by atoms with E-state index in [0.717, 1.165) is 31.0 Å². The molecule has 2 rings (SSSR count). The van der Waals surface area contributed by atoms with E-state index in [9.17, 15) is 0 Å². The Labute approximate surface area is 125 Å². The van der Waals surface area contributed by atoms with Gasteiger partial charge in [-0.15, -0.1) is 11.3 Å². The van der Waals surface area contributed by atoms with Crippen molar-refractivity contribution in [3.63, 3.8) is 0 Å². The molecule has 2 unspecified atom stereocenters. The quantitative estimate of drug-likeness (QED) is 0.840. The van der Waals surface area contributed by atoms with E-state index in [2.05, 4.69) is 42.3 Å². The van der Waals surface area contributed by atoms with Crippen molar-refractivity contribution in [2.45, 2.75) is 45.8 Å². The van der Waals surface area contributed by atoms with Crippen LogP contribution in [0.3, 0.4) is 0 Å². The van der Waals surface area contributed by atoms with Gasteiger partial charge in [-0.05, 0) is 43.5 Å². The highest BCUT2D eigenvalue weighted by atomic mass is 32.1. The summed E-state index contributed by atoms with van der Waals surface area (Å²) in [4.78, 5) is 3.77. The van der Waals surface area contributed by atoms with Crippen molar-refractivity contribution in [1.82, 2.24) is 4.90 Å². The fourth-order valence-electron chi connectivity index (χ4n) is 2.51. The Balaban J connectivity index is 2.23. The van der Waals surface area contributed by atoms with E-state index >= 15 is 0 Å². The van der Waals surface area contributed by atoms with E-state index in [1.165, 1.54) is 4.88 Å². The molecule has 0 aliphatic rings. The van der Waals surface area contributed by atoms with E-state index < -0.39 is 0 Å². The summed E-state index contributed by atoms with van der Waals surface area (Å²) >= 11 is 1.79. The van der Waals surface area contributed by atoms with Gasteiger partial charge in [-0.25, -0.2) is 0 Å². The van der Waals surface area contributed by atoms with Gasteiger partial charge >= 0.3 is 0 Å². The van der Waals surface area contributed by atoms with E-state index in [4.69, 9.17) is 10.2 Å². The molecule has 0 saturated heterocycles. The van der Waals surface area contributed by atoms with Gasteiger partial charge in [0.15, 0.2) is 0 Å². The molecule has 0 radical (unpaired) electrons. The van der Waals surface area contributed by atoms with Gasteiger partial charge in [-0.3, -0.25) is 4.90 Å². The van der Waals surface area contributed by atoms with Crippen LogP contribution in [0.1, 0.15) is 42.7 Å². The average Bonchev–Trinajstić information content (AvgIpc) is 3.09. The first kappa shape index (κ1) is 15.3. The highest BCUT2D eigenvalue weighted by Gasteiger charge is 2.27. The number of rotatable bonds is 7. The van der Waals surface area contributed by atoms with Crippen LogP contribution >= 0.6 is 11.3 Å². The maximum Gasteiger partial charge on any atom is 0.122 e. The summed E-state index contributed by atoms with van der Waals surface area (Å²) in [6, 6.07) is 8.58. The van der Waals surface area contributed by atoms with Crippen LogP contribution in [0.5, 0.6) is 0 Å². The normalized spacial score (nSPS) is 14.7. The zero-order chi connectivity index (χ0) is 14.5. The van der Waals surface area contributed by atoms with E-state index in [0.29, 0.717) is 0 Å². The van der Waals surface area contributed by atoms with Gasteiger partial charge in [-0.1, -0.05) is 19.9 Å². The SMILES string of the molecule is CCC(N)C(c1ccc(C)o1)N(CC)Cc1cccs1. The van der Waals surface area contributed by atoms with Gasteiger partial charge in [0, 0.05) is 17.5 Å². The molecule has 0 saturated carbocycles. The third kappa shape index (κ3) is 3.51. The summed E-state index contributed by atoms with van der Waals surface area (Å²) < 4.78 is 5.85. The largest absolute Gasteiger partial charge is 0.465 e. The maximum atomic E-state index is 6.37. The summed E-state index contributed by atoms with van der Waals surface area (Å²) in [5, 5.41) is 2.12. The minimum atomic E-state index is 0.0838. The fraction of sp³-hybridized carbons (Fsp3) is 0.500. The Morgan fingerprint density at radius 2 is 2.10 bits per heavy atom. The molecule has 2 N–H and O–H groups in total. The summed E-state index contributed by atoms with van der Waals surface area (Å²) in [7, 11) is 0. The number of nitrogens with two attached hydrogens (primary N) is 1. The van der Waals surface area contributed by atoms with Crippen molar-refractivity contribution in [3.8, 4) is 0 Å². The number of likely N-dealkylation sites (N-methyl/N-ethyl adjacent to an activating group) is 1. The van der Waals surface area contributed by atoms with Crippen LogP contribution in [0.25, 0.3) is 0 Å². The molecule has 0 aliphatic heterocycles. The molecule has 0 fully saturated rings. The van der Waals surface area contributed by atoms with Crippen LogP contribution in [-0.4, -0.2) is 17.5 Å². The molecule has 20 heavy (non-hydrogen) atoms. The van der Waals surface area contributed by atoms with Crippen LogP contribution in [0, 0.1) is 6.92 Å². The molecule has 2 atom stereocenters. The van der Waals surface area contributed by atoms with Gasteiger partial charge in [-0.2, -0.15) is 0 Å². The van der Waals surface area contributed by atoms with Gasteiger partial charge in [0.05, 0.1) is 6.04 Å². The minimum absolute atomic E-state index is 0.0838. The van der Waals surface area contributed by atoms with Crippen molar-refractivity contribution in [3.05, 3.63) is 46.0 Å². The van der Waals surface area contributed by atoms with Crippen molar-refractivity contribution in [2.24, 2.45) is 5.73 Å². The summed E-state index contributed by atoms with van der Waals surface area (Å²) in [5.74, 6) is 1.93. The first-order chi connectivity index (χ1) is 9.65. The van der Waals surface area contributed by atoms with Crippen molar-refractivity contribution < 1.29 is 4.42 Å². The third-order valence-corrected chi connectivity index (χ3v) is 4.53. The minimum Gasteiger partial charge on any atom is -0.465 e. The molecule has 0 spiro atoms. The lowest BCUT2D eigenvalue weighted by Crippen LogP contribution is -2.40. The molecule has 4 heteroatoms. The van der Waals surface area contributed by atoms with Gasteiger partial charge in [0.2, 0.25) is 0 Å². The lowest BCUT2D eigenvalue weighted by atomic mass is 10.0. The molecular formula is C16H24N2OS. The summed E-state index contributed by atoms with van der Waals surface area (Å²) in [5.41, 5.74) is 6.37. The first-order valence-electron chi connectivity index (χ1n) is 7.24. The molecule has 2 aromatic rings. The zero-order valence-corrected chi connectivity index (χ0v) is 13.3. The second-order valence-electron chi connectivity index (χ2n) is 5.11. The molecule has 2 aromatic heterocycles. The Morgan fingerprint density at radius 1 is 1.30 bits per heavy atom. The Morgan fingerprint density at radius 3 is 2.60 bits per heavy atom. The number of aryl methyl sites for hydroxylation is 1. The molecule has 2 heterocycles. The first-order valence-corrected chi connectivity index (χ1v) is 8.12. The predicted octanol–water partition coefficient (Wildman–Crippen LogP) is 3.95. The van der Waals surface area contributed by atoms with Crippen molar-refractivity contribution in [2.75, 3.05) is 6.54 Å². The number of furan rings is 1. The Kier molecular flexibility index (Phi) is 5.40. The molecular weight excluding hydrogens is 268 g/mol. The summed E-state index contributed by atoms with van der Waals surface area (Å²) in [6.07, 6.45) is 0.936. The summed E-state index contributed by atoms with van der Waals surface area (Å²) in [6.45, 7) is 8.17. The average molecular weight is 292 g/mol. The van der Waals surface area contributed by atoms with Gasteiger partial charge < -0.3 is 10.2 Å². The lowest BCUT2D eigenvalue weighted by molar-refractivity contribution is 0.148. The zero-order valence-electron chi connectivity index (χ0n) is 12.5. The van der Waals surface area contributed by atoms with E-state index in [1.807, 2.05) is 13.0 Å². The van der Waals surface area contributed by atoms with Crippen LogP contribution in [0.15, 0.2) is 34.1 Å². The highest BCUT2D eigenvalue weighted by Crippen LogP contribution is 2.29. The third-order valence-electron chi connectivity index (χ3n) is 3.67. The lowest BCUT2D eigenvalue weighted by Gasteiger charge is -2.32. The molecule has 3 nitrogen and oxygen atoms in total. The Hall–Kier alpha value is -1.10. The molecule has 0 aromatic carbocycles. The Bertz CT molecular complexity index is 506. The molecule has 0 aliphatic carbocycles. The van der Waals surface area contributed by atoms with Crippen molar-refractivity contribution >= 4 is 11.3 Å². The number of nitrogens with zero attached hydrogens (tertiary/aromatic N) is 1. The van der Waals surface area contributed by atoms with Crippen LogP contribution < -0.4 is 5.73 Å². The number of hydrogen-bond acceptors (Lipinski definition) is 4. The molecule has 0 bridgehead atoms. The van der Waals surface area contributed by atoms with E-state index in [-0.39, 0.29) is 12.1 Å². The molecule has 0 amide bonds. The van der Waals surface area contributed by atoms with Crippen LogP contribution in [0.4, 0.5) is 0 Å². The van der Waals surface area contributed by atoms with Gasteiger partial charge in [0.1, 0.15) is 11.5 Å². The van der Waals surface area contributed by atoms with Crippen LogP contribution in [0.2, 0.25) is 0 Å². The van der Waals surface area contributed by atoms with E-state index in [1.54, 1.807) is 11.3 Å². The maximum absolute atomic E-state index is 6.37. The number of hydrogen-bond donors (Lipinski definition) is 1. The second-order valence-corrected chi connectivity index (χ2v) is 6.14. The smallest absolute Gasteiger partial charge is 0.122 e. The molecule has 110 valence electrons.